The van der Waals surface area contributed by atoms with Gasteiger partial charge in [-0.05, 0) is 61.3 Å². The van der Waals surface area contributed by atoms with Crippen LogP contribution in [0.15, 0.2) is 72.8 Å². The maximum Gasteiger partial charge on any atom is 0.266 e. The molecule has 7 nitrogen and oxygen atoms in total. The maximum atomic E-state index is 13.1. The highest BCUT2D eigenvalue weighted by Crippen LogP contribution is 2.39. The second-order valence-electron chi connectivity index (χ2n) is 11.0. The van der Waals surface area contributed by atoms with Crippen molar-refractivity contribution in [3.05, 3.63) is 101 Å². The van der Waals surface area contributed by atoms with Crippen molar-refractivity contribution in [3.63, 3.8) is 0 Å². The molecule has 2 saturated heterocycles. The van der Waals surface area contributed by atoms with Gasteiger partial charge in [-0.1, -0.05) is 67.8 Å². The van der Waals surface area contributed by atoms with Crippen molar-refractivity contribution in [2.24, 2.45) is 0 Å². The Morgan fingerprint density at radius 3 is 2.10 bits per heavy atom. The van der Waals surface area contributed by atoms with Crippen LogP contribution in [0, 0.1) is 0 Å². The fourth-order valence-corrected chi connectivity index (χ4v) is 6.05. The van der Waals surface area contributed by atoms with E-state index in [1.54, 1.807) is 30.3 Å². The highest BCUT2D eigenvalue weighted by atomic mass is 16.7. The molecule has 3 atom stereocenters. The van der Waals surface area contributed by atoms with E-state index in [2.05, 4.69) is 4.90 Å². The first-order valence-corrected chi connectivity index (χ1v) is 14.4. The number of likely N-dealkylation sites (tertiary alicyclic amines) is 1. The molecule has 3 heterocycles. The van der Waals surface area contributed by atoms with Crippen LogP contribution in [0.2, 0.25) is 0 Å². The van der Waals surface area contributed by atoms with E-state index < -0.39 is 6.29 Å². The third-order valence-corrected chi connectivity index (χ3v) is 8.22. The standard InChI is InChI=1S/C33H36N2O5/c36-22-23-13-15-24(16-14-23)30-20-27(21-34-17-6-2-1-3-7-18-34)39-33(40-30)25-9-8-10-26(19-25)35-31(37)28-11-4-5-12-29(28)32(35)38/h4-5,8-16,19,27,30,33,36H,1-3,6-7,17-18,20-22H2/t27-,30+,33+/m1/s1. The van der Waals surface area contributed by atoms with Gasteiger partial charge in [0.05, 0.1) is 35.6 Å². The summed E-state index contributed by atoms with van der Waals surface area (Å²) in [4.78, 5) is 30.0. The van der Waals surface area contributed by atoms with Gasteiger partial charge in [-0.3, -0.25) is 9.59 Å². The van der Waals surface area contributed by atoms with Crippen molar-refractivity contribution >= 4 is 17.5 Å². The fourth-order valence-electron chi connectivity index (χ4n) is 6.05. The molecule has 40 heavy (non-hydrogen) atoms. The van der Waals surface area contributed by atoms with Crippen molar-refractivity contribution in [2.45, 2.75) is 63.6 Å². The fraction of sp³-hybridized carbons (Fsp3) is 0.394. The number of carbonyl (C=O) groups excluding carboxylic acids is 2. The van der Waals surface area contributed by atoms with Gasteiger partial charge in [0.2, 0.25) is 0 Å². The number of benzene rings is 3. The van der Waals surface area contributed by atoms with Gasteiger partial charge in [-0.25, -0.2) is 4.90 Å². The van der Waals surface area contributed by atoms with Gasteiger partial charge in [-0.2, -0.15) is 0 Å². The monoisotopic (exact) mass is 540 g/mol. The molecule has 0 saturated carbocycles. The van der Waals surface area contributed by atoms with Crippen LogP contribution in [0.4, 0.5) is 5.69 Å². The molecular weight excluding hydrogens is 504 g/mol. The molecule has 0 aromatic heterocycles. The summed E-state index contributed by atoms with van der Waals surface area (Å²) >= 11 is 0. The topological polar surface area (TPSA) is 79.3 Å². The first-order chi connectivity index (χ1) is 19.6. The Bertz CT molecular complexity index is 1310. The summed E-state index contributed by atoms with van der Waals surface area (Å²) in [7, 11) is 0. The lowest BCUT2D eigenvalue weighted by Gasteiger charge is -2.39. The van der Waals surface area contributed by atoms with E-state index in [4.69, 9.17) is 9.47 Å². The molecule has 3 aliphatic heterocycles. The van der Waals surface area contributed by atoms with E-state index in [0.717, 1.165) is 42.7 Å². The summed E-state index contributed by atoms with van der Waals surface area (Å²) in [5, 5.41) is 9.50. The number of aliphatic hydroxyl groups is 1. The zero-order chi connectivity index (χ0) is 27.5. The van der Waals surface area contributed by atoms with E-state index in [0.29, 0.717) is 16.8 Å². The van der Waals surface area contributed by atoms with E-state index in [9.17, 15) is 14.7 Å². The molecule has 1 N–H and O–H groups in total. The average Bonchev–Trinajstić information content (AvgIpc) is 3.24. The van der Waals surface area contributed by atoms with Crippen LogP contribution in [-0.2, 0) is 16.1 Å². The molecule has 7 heteroatoms. The molecule has 208 valence electrons. The van der Waals surface area contributed by atoms with Gasteiger partial charge in [0, 0.05) is 18.5 Å². The summed E-state index contributed by atoms with van der Waals surface area (Å²) in [6.45, 7) is 3.00. The van der Waals surface area contributed by atoms with Gasteiger partial charge in [-0.15, -0.1) is 0 Å². The molecule has 0 aliphatic carbocycles. The number of anilines is 1. The smallest absolute Gasteiger partial charge is 0.266 e. The first-order valence-electron chi connectivity index (χ1n) is 14.4. The predicted octanol–water partition coefficient (Wildman–Crippen LogP) is 5.79. The molecule has 3 aliphatic rings. The summed E-state index contributed by atoms with van der Waals surface area (Å²) in [5.74, 6) is -0.639. The summed E-state index contributed by atoms with van der Waals surface area (Å²) < 4.78 is 13.1. The van der Waals surface area contributed by atoms with Crippen LogP contribution < -0.4 is 4.90 Å². The van der Waals surface area contributed by atoms with Crippen LogP contribution in [0.1, 0.15) is 88.3 Å². The molecule has 2 amide bonds. The second-order valence-corrected chi connectivity index (χ2v) is 11.0. The van der Waals surface area contributed by atoms with Gasteiger partial charge in [0.25, 0.3) is 11.8 Å². The zero-order valence-electron chi connectivity index (χ0n) is 22.7. The Labute approximate surface area is 235 Å². The molecule has 0 unspecified atom stereocenters. The van der Waals surface area contributed by atoms with E-state index in [-0.39, 0.29) is 30.6 Å². The van der Waals surface area contributed by atoms with Crippen LogP contribution in [0.25, 0.3) is 0 Å². The number of rotatable bonds is 6. The lowest BCUT2D eigenvalue weighted by atomic mass is 9.99. The Hall–Kier alpha value is -3.36. The molecule has 0 spiro atoms. The Balaban J connectivity index is 1.26. The van der Waals surface area contributed by atoms with Crippen LogP contribution in [0.3, 0.4) is 0 Å². The van der Waals surface area contributed by atoms with Gasteiger partial charge < -0.3 is 19.5 Å². The quantitative estimate of drug-likeness (QED) is 0.399. The van der Waals surface area contributed by atoms with Crippen LogP contribution >= 0.6 is 0 Å². The molecule has 3 aromatic carbocycles. The number of carbonyl (C=O) groups is 2. The molecule has 6 rings (SSSR count). The number of hydrogen-bond donors (Lipinski definition) is 1. The number of fused-ring (bicyclic) bond motifs is 1. The van der Waals surface area contributed by atoms with Crippen LogP contribution in [0.5, 0.6) is 0 Å². The minimum atomic E-state index is -0.647. The third kappa shape index (κ3) is 5.60. The van der Waals surface area contributed by atoms with Crippen molar-refractivity contribution in [3.8, 4) is 0 Å². The van der Waals surface area contributed by atoms with Crippen molar-refractivity contribution in [1.29, 1.82) is 0 Å². The van der Waals surface area contributed by atoms with E-state index in [1.807, 2.05) is 42.5 Å². The average molecular weight is 541 g/mol. The summed E-state index contributed by atoms with van der Waals surface area (Å²) in [5.41, 5.74) is 4.01. The highest BCUT2D eigenvalue weighted by molar-refractivity contribution is 6.34. The molecule has 3 aromatic rings. The number of nitrogens with zero attached hydrogens (tertiary/aromatic N) is 2. The molecule has 0 bridgehead atoms. The molecule has 0 radical (unpaired) electrons. The van der Waals surface area contributed by atoms with E-state index in [1.165, 1.54) is 37.0 Å². The third-order valence-electron chi connectivity index (χ3n) is 8.22. The molecular formula is C33H36N2O5. The van der Waals surface area contributed by atoms with Crippen molar-refractivity contribution < 1.29 is 24.2 Å². The second kappa shape index (κ2) is 12.0. The number of amides is 2. The Morgan fingerprint density at radius 2 is 1.43 bits per heavy atom. The van der Waals surface area contributed by atoms with Gasteiger partial charge in [0.1, 0.15) is 0 Å². The minimum absolute atomic E-state index is 0.000272. The summed E-state index contributed by atoms with van der Waals surface area (Å²) in [6, 6.07) is 22.2. The predicted molar refractivity (Wildman–Crippen MR) is 152 cm³/mol. The highest BCUT2D eigenvalue weighted by Gasteiger charge is 2.38. The number of imide groups is 1. The molecule has 2 fully saturated rings. The first kappa shape index (κ1) is 26.8. The van der Waals surface area contributed by atoms with Crippen molar-refractivity contribution in [2.75, 3.05) is 24.5 Å². The van der Waals surface area contributed by atoms with Crippen molar-refractivity contribution in [1.82, 2.24) is 4.90 Å². The number of ether oxygens (including phenoxy) is 2. The summed E-state index contributed by atoms with van der Waals surface area (Å²) in [6.07, 6.45) is 6.14. The number of aliphatic hydroxyl groups excluding tert-OH is 1. The Kier molecular flexibility index (Phi) is 8.07. The normalized spacial score (nSPS) is 24.0. The minimum Gasteiger partial charge on any atom is -0.392 e. The largest absolute Gasteiger partial charge is 0.392 e. The van der Waals surface area contributed by atoms with E-state index >= 15 is 0 Å². The van der Waals surface area contributed by atoms with Gasteiger partial charge in [0.15, 0.2) is 6.29 Å². The van der Waals surface area contributed by atoms with Gasteiger partial charge >= 0.3 is 0 Å². The van der Waals surface area contributed by atoms with Crippen LogP contribution in [-0.4, -0.2) is 47.6 Å². The lowest BCUT2D eigenvalue weighted by molar-refractivity contribution is -0.253. The Morgan fingerprint density at radius 1 is 0.750 bits per heavy atom. The maximum absolute atomic E-state index is 13.1. The SMILES string of the molecule is O=C1c2ccccc2C(=O)N1c1cccc([C@H]2O[C@@H](CN3CCCCCCC3)C[C@@H](c3ccc(CO)cc3)O2)c1. The zero-order valence-corrected chi connectivity index (χ0v) is 22.7. The lowest BCUT2D eigenvalue weighted by Crippen LogP contribution is -2.40. The number of hydrogen-bond acceptors (Lipinski definition) is 6.